The minimum absolute atomic E-state index is 0.0638. The van der Waals surface area contributed by atoms with E-state index in [0.29, 0.717) is 0 Å². The largest absolute Gasteiger partial charge is 0.476 e. The summed E-state index contributed by atoms with van der Waals surface area (Å²) in [4.78, 5) is 28.2. The van der Waals surface area contributed by atoms with Gasteiger partial charge in [-0.05, 0) is 0 Å². The molecule has 86 valence electrons. The molecule has 1 rings (SSSR count). The number of amides is 1. The van der Waals surface area contributed by atoms with Crippen molar-refractivity contribution < 1.29 is 19.4 Å². The van der Waals surface area contributed by atoms with Gasteiger partial charge in [0.25, 0.3) is 0 Å². The van der Waals surface area contributed by atoms with Crippen molar-refractivity contribution >= 4 is 17.9 Å². The molecule has 1 aromatic heterocycles. The van der Waals surface area contributed by atoms with Crippen molar-refractivity contribution in [2.45, 2.75) is 0 Å². The Balaban J connectivity index is 2.45. The Hall–Kier alpha value is -2.38. The molecular formula is C8H10N4O4. The molecule has 1 amide bonds. The van der Waals surface area contributed by atoms with E-state index in [1.165, 1.54) is 6.20 Å². The molecule has 0 aliphatic carbocycles. The molecular weight excluding hydrogens is 216 g/mol. The Morgan fingerprint density at radius 3 is 2.88 bits per heavy atom. The number of aromatic carboxylic acids is 1. The fourth-order valence-electron chi connectivity index (χ4n) is 0.885. The molecule has 16 heavy (non-hydrogen) atoms. The van der Waals surface area contributed by atoms with Crippen molar-refractivity contribution in [1.82, 2.24) is 9.97 Å². The van der Waals surface area contributed by atoms with Crippen molar-refractivity contribution in [2.75, 3.05) is 18.5 Å². The van der Waals surface area contributed by atoms with Crippen LogP contribution in [0.25, 0.3) is 0 Å². The number of nitrogens with one attached hydrogen (secondary N) is 1. The highest BCUT2D eigenvalue weighted by atomic mass is 16.5. The number of carboxylic acid groups (broad SMARTS) is 1. The van der Waals surface area contributed by atoms with E-state index in [-0.39, 0.29) is 24.7 Å². The topological polar surface area (TPSA) is 127 Å². The first-order chi connectivity index (χ1) is 7.59. The molecule has 0 aromatic carbocycles. The third-order valence-electron chi connectivity index (χ3n) is 1.51. The van der Waals surface area contributed by atoms with Crippen LogP contribution in [0.1, 0.15) is 10.5 Å². The third-order valence-corrected chi connectivity index (χ3v) is 1.51. The molecule has 1 aromatic rings. The monoisotopic (exact) mass is 226 g/mol. The van der Waals surface area contributed by atoms with Gasteiger partial charge < -0.3 is 20.9 Å². The predicted octanol–water partition coefficient (Wildman–Crippen LogP) is -0.318. The maximum atomic E-state index is 10.6. The van der Waals surface area contributed by atoms with Crippen LogP contribution in [0.3, 0.4) is 0 Å². The average Bonchev–Trinajstić information content (AvgIpc) is 2.24. The predicted molar refractivity (Wildman–Crippen MR) is 53.0 cm³/mol. The van der Waals surface area contributed by atoms with Crippen LogP contribution < -0.4 is 11.1 Å². The zero-order valence-electron chi connectivity index (χ0n) is 8.21. The van der Waals surface area contributed by atoms with Crippen molar-refractivity contribution in [3.63, 3.8) is 0 Å². The SMILES string of the molecule is NC(=O)OCCNc1cncc(C(=O)O)n1. The molecule has 8 heteroatoms. The Kier molecular flexibility index (Phi) is 4.01. The Bertz CT molecular complexity index is 395. The van der Waals surface area contributed by atoms with Gasteiger partial charge in [0, 0.05) is 0 Å². The van der Waals surface area contributed by atoms with E-state index in [0.717, 1.165) is 6.20 Å². The number of hydrogen-bond acceptors (Lipinski definition) is 6. The van der Waals surface area contributed by atoms with Crippen LogP contribution in [-0.2, 0) is 4.74 Å². The van der Waals surface area contributed by atoms with Crippen molar-refractivity contribution in [3.05, 3.63) is 18.1 Å². The molecule has 0 saturated heterocycles. The highest BCUT2D eigenvalue weighted by Crippen LogP contribution is 2.01. The van der Waals surface area contributed by atoms with Gasteiger partial charge >= 0.3 is 12.1 Å². The zero-order valence-corrected chi connectivity index (χ0v) is 8.21. The van der Waals surface area contributed by atoms with Gasteiger partial charge in [0.1, 0.15) is 12.4 Å². The first kappa shape index (κ1) is 11.7. The van der Waals surface area contributed by atoms with Gasteiger partial charge in [0.05, 0.1) is 18.9 Å². The van der Waals surface area contributed by atoms with Crippen LogP contribution in [0, 0.1) is 0 Å². The van der Waals surface area contributed by atoms with E-state index in [1.54, 1.807) is 0 Å². The molecule has 0 atom stereocenters. The summed E-state index contributed by atoms with van der Waals surface area (Å²) in [5, 5.41) is 11.4. The number of primary amides is 1. The Labute approximate surface area is 90.5 Å². The first-order valence-corrected chi connectivity index (χ1v) is 4.31. The number of carbonyl (C=O) groups excluding carboxylic acids is 1. The minimum atomic E-state index is -1.16. The number of nitrogens with zero attached hydrogens (tertiary/aromatic N) is 2. The molecule has 0 radical (unpaired) electrons. The van der Waals surface area contributed by atoms with Gasteiger partial charge in [-0.15, -0.1) is 0 Å². The van der Waals surface area contributed by atoms with Crippen LogP contribution in [0.15, 0.2) is 12.4 Å². The lowest BCUT2D eigenvalue weighted by atomic mass is 10.4. The number of carboxylic acids is 1. The maximum Gasteiger partial charge on any atom is 0.404 e. The lowest BCUT2D eigenvalue weighted by Gasteiger charge is -2.05. The highest BCUT2D eigenvalue weighted by Gasteiger charge is 2.05. The summed E-state index contributed by atoms with van der Waals surface area (Å²) < 4.78 is 4.45. The lowest BCUT2D eigenvalue weighted by molar-refractivity contribution is 0.0690. The Morgan fingerprint density at radius 1 is 1.50 bits per heavy atom. The number of carbonyl (C=O) groups is 2. The second-order valence-electron chi connectivity index (χ2n) is 2.69. The number of nitrogens with two attached hydrogens (primary N) is 1. The smallest absolute Gasteiger partial charge is 0.404 e. The summed E-state index contributed by atoms with van der Waals surface area (Å²) in [7, 11) is 0. The van der Waals surface area contributed by atoms with Gasteiger partial charge in [0.15, 0.2) is 5.69 Å². The van der Waals surface area contributed by atoms with E-state index in [4.69, 9.17) is 10.8 Å². The molecule has 0 spiro atoms. The standard InChI is InChI=1S/C8H10N4O4/c9-8(15)16-2-1-11-6-4-10-3-5(12-6)7(13)14/h3-4H,1-2H2,(H2,9,15)(H,11,12)(H,13,14). The number of anilines is 1. The third kappa shape index (κ3) is 3.78. The normalized spacial score (nSPS) is 9.50. The van der Waals surface area contributed by atoms with E-state index in [9.17, 15) is 9.59 Å². The van der Waals surface area contributed by atoms with E-state index in [2.05, 4.69) is 20.0 Å². The molecule has 0 aliphatic heterocycles. The van der Waals surface area contributed by atoms with Gasteiger partial charge in [-0.2, -0.15) is 0 Å². The Morgan fingerprint density at radius 2 is 2.25 bits per heavy atom. The molecule has 1 heterocycles. The summed E-state index contributed by atoms with van der Waals surface area (Å²) in [6.45, 7) is 0.328. The van der Waals surface area contributed by atoms with Crippen LogP contribution in [0.4, 0.5) is 10.6 Å². The second-order valence-corrected chi connectivity index (χ2v) is 2.69. The highest BCUT2D eigenvalue weighted by molar-refractivity contribution is 5.85. The molecule has 0 saturated carbocycles. The van der Waals surface area contributed by atoms with Crippen LogP contribution >= 0.6 is 0 Å². The van der Waals surface area contributed by atoms with Gasteiger partial charge in [-0.3, -0.25) is 4.98 Å². The summed E-state index contributed by atoms with van der Waals surface area (Å²) >= 11 is 0. The second kappa shape index (κ2) is 5.49. The number of ether oxygens (including phenoxy) is 1. The number of rotatable bonds is 5. The van der Waals surface area contributed by atoms with Gasteiger partial charge in [0.2, 0.25) is 0 Å². The maximum absolute atomic E-state index is 10.6. The summed E-state index contributed by atoms with van der Waals surface area (Å²) in [6.07, 6.45) is 1.62. The van der Waals surface area contributed by atoms with E-state index in [1.807, 2.05) is 0 Å². The average molecular weight is 226 g/mol. The summed E-state index contributed by atoms with van der Waals surface area (Å²) in [6, 6.07) is 0. The molecule has 0 aliphatic rings. The molecule has 4 N–H and O–H groups in total. The lowest BCUT2D eigenvalue weighted by Crippen LogP contribution is -2.19. The molecule has 0 unspecified atom stereocenters. The van der Waals surface area contributed by atoms with Crippen molar-refractivity contribution in [3.8, 4) is 0 Å². The fourth-order valence-corrected chi connectivity index (χ4v) is 0.885. The van der Waals surface area contributed by atoms with Crippen LogP contribution in [0.2, 0.25) is 0 Å². The number of aromatic nitrogens is 2. The van der Waals surface area contributed by atoms with Crippen LogP contribution in [-0.4, -0.2) is 40.3 Å². The first-order valence-electron chi connectivity index (χ1n) is 4.31. The summed E-state index contributed by atoms with van der Waals surface area (Å²) in [5.41, 5.74) is 4.58. The van der Waals surface area contributed by atoms with E-state index < -0.39 is 12.1 Å². The van der Waals surface area contributed by atoms with Gasteiger partial charge in [-0.1, -0.05) is 0 Å². The van der Waals surface area contributed by atoms with Crippen LogP contribution in [0.5, 0.6) is 0 Å². The van der Waals surface area contributed by atoms with Gasteiger partial charge in [-0.25, -0.2) is 14.6 Å². The van der Waals surface area contributed by atoms with E-state index >= 15 is 0 Å². The summed E-state index contributed by atoms with van der Waals surface area (Å²) in [5.74, 6) is -0.877. The molecule has 8 nitrogen and oxygen atoms in total. The fraction of sp³-hybridized carbons (Fsp3) is 0.250. The van der Waals surface area contributed by atoms with Crippen molar-refractivity contribution in [2.24, 2.45) is 5.73 Å². The number of hydrogen-bond donors (Lipinski definition) is 3. The zero-order chi connectivity index (χ0) is 12.0. The molecule has 0 bridgehead atoms. The van der Waals surface area contributed by atoms with Crippen molar-refractivity contribution in [1.29, 1.82) is 0 Å². The molecule has 0 fully saturated rings. The minimum Gasteiger partial charge on any atom is -0.476 e. The quantitative estimate of drug-likeness (QED) is 0.587.